The summed E-state index contributed by atoms with van der Waals surface area (Å²) in [5, 5.41) is 3.55. The molecule has 0 spiro atoms. The van der Waals surface area contributed by atoms with Crippen LogP contribution in [-0.4, -0.2) is 11.4 Å². The van der Waals surface area contributed by atoms with E-state index in [2.05, 4.69) is 5.32 Å². The van der Waals surface area contributed by atoms with Crippen LogP contribution >= 0.6 is 0 Å². The van der Waals surface area contributed by atoms with Crippen molar-refractivity contribution in [1.29, 1.82) is 0 Å². The maximum absolute atomic E-state index is 12.6. The second-order valence-corrected chi connectivity index (χ2v) is 5.38. The average Bonchev–Trinajstić information content (AvgIpc) is 2.23. The van der Waals surface area contributed by atoms with Crippen molar-refractivity contribution < 1.29 is 31.1 Å². The predicted molar refractivity (Wildman–Crippen MR) is 62.7 cm³/mol. The highest BCUT2D eigenvalue weighted by atomic mass is 19.4. The van der Waals surface area contributed by atoms with E-state index in [1.807, 2.05) is 0 Å². The number of carbonyl (C=O) groups excluding carboxylic acids is 1. The Hall–Kier alpha value is -1.73. The molecule has 0 N–H and O–H groups in total. The number of hydrogen-bond donors (Lipinski definition) is 0. The first-order chi connectivity index (χ1) is 9.20. The van der Waals surface area contributed by atoms with Crippen molar-refractivity contribution in [3.8, 4) is 0 Å². The Bertz CT molecular complexity index is 507. The number of amides is 1. The molecule has 117 valence electrons. The zero-order chi connectivity index (χ0) is 16.6. The smallest absolute Gasteiger partial charge is 0.267 e. The summed E-state index contributed by atoms with van der Waals surface area (Å²) in [6.45, 7) is 4.51. The van der Waals surface area contributed by atoms with E-state index >= 15 is 0 Å². The van der Waals surface area contributed by atoms with E-state index in [1.54, 1.807) is 0 Å². The maximum atomic E-state index is 12.6. The Morgan fingerprint density at radius 1 is 0.857 bits per heavy atom. The van der Waals surface area contributed by atoms with E-state index in [1.165, 1.54) is 20.8 Å². The molecule has 1 aromatic rings. The van der Waals surface area contributed by atoms with Gasteiger partial charge in [-0.3, -0.25) is 4.79 Å². The summed E-state index contributed by atoms with van der Waals surface area (Å²) in [7, 11) is 0. The molecule has 0 bridgehead atoms. The second kappa shape index (κ2) is 5.23. The summed E-state index contributed by atoms with van der Waals surface area (Å²) < 4.78 is 75.8. The summed E-state index contributed by atoms with van der Waals surface area (Å²) in [5.74, 6) is -1.13. The van der Waals surface area contributed by atoms with Crippen molar-refractivity contribution >= 4 is 5.91 Å². The first kappa shape index (κ1) is 17.3. The van der Waals surface area contributed by atoms with Crippen LogP contribution in [0.1, 0.15) is 42.3 Å². The second-order valence-electron chi connectivity index (χ2n) is 5.38. The summed E-state index contributed by atoms with van der Waals surface area (Å²) in [4.78, 5) is 11.7. The lowest BCUT2D eigenvalue weighted by atomic mass is 10.0. The van der Waals surface area contributed by atoms with Gasteiger partial charge in [0.2, 0.25) is 0 Å². The van der Waals surface area contributed by atoms with Gasteiger partial charge < -0.3 is 0 Å². The molecule has 0 saturated carbocycles. The number of carbonyl (C=O) groups is 1. The van der Waals surface area contributed by atoms with E-state index in [4.69, 9.17) is 0 Å². The largest absolute Gasteiger partial charge is 0.416 e. The van der Waals surface area contributed by atoms with E-state index < -0.39 is 40.5 Å². The molecule has 1 rings (SSSR count). The number of rotatable bonds is 1. The molecule has 0 aliphatic heterocycles. The molecule has 1 aromatic carbocycles. The summed E-state index contributed by atoms with van der Waals surface area (Å²) in [5.41, 5.74) is -4.73. The summed E-state index contributed by atoms with van der Waals surface area (Å²) in [6, 6.07) is 0.702. The fraction of sp³-hybridized carbons (Fsp3) is 0.462. The average molecular weight is 312 g/mol. The Balaban J connectivity index is 3.36. The molecule has 2 nitrogen and oxygen atoms in total. The molecule has 0 atom stereocenters. The van der Waals surface area contributed by atoms with Gasteiger partial charge in [-0.1, -0.05) is 0 Å². The van der Waals surface area contributed by atoms with Gasteiger partial charge in [0.1, 0.15) is 0 Å². The number of alkyl halides is 6. The van der Waals surface area contributed by atoms with Crippen molar-refractivity contribution in [3.05, 3.63) is 34.9 Å². The first-order valence-electron chi connectivity index (χ1n) is 5.77. The Kier molecular flexibility index (Phi) is 4.32. The topological polar surface area (TPSA) is 31.2 Å². The zero-order valence-electron chi connectivity index (χ0n) is 11.4. The van der Waals surface area contributed by atoms with Gasteiger partial charge in [-0.05, 0) is 39.0 Å². The zero-order valence-corrected chi connectivity index (χ0v) is 11.4. The molecule has 0 aliphatic carbocycles. The van der Waals surface area contributed by atoms with Crippen LogP contribution < -0.4 is 5.32 Å². The van der Waals surface area contributed by atoms with E-state index in [0.29, 0.717) is 12.1 Å². The molecule has 0 heterocycles. The Morgan fingerprint density at radius 2 is 1.24 bits per heavy atom. The molecule has 8 heteroatoms. The van der Waals surface area contributed by atoms with E-state index in [0.717, 1.165) is 0 Å². The predicted octanol–water partition coefficient (Wildman–Crippen LogP) is 4.27. The monoisotopic (exact) mass is 312 g/mol. The minimum absolute atomic E-state index is 0.0339. The molecule has 1 amide bonds. The lowest BCUT2D eigenvalue weighted by Crippen LogP contribution is -2.34. The Labute approximate surface area is 117 Å². The Morgan fingerprint density at radius 3 is 1.52 bits per heavy atom. The molecule has 0 fully saturated rings. The van der Waals surface area contributed by atoms with Crippen molar-refractivity contribution in [3.63, 3.8) is 0 Å². The van der Waals surface area contributed by atoms with Crippen LogP contribution in [0.2, 0.25) is 0 Å². The molecule has 0 aromatic heterocycles. The van der Waals surface area contributed by atoms with Gasteiger partial charge in [0.25, 0.3) is 5.91 Å². The number of nitrogens with zero attached hydrogens (tertiary/aromatic N) is 1. The van der Waals surface area contributed by atoms with E-state index in [-0.39, 0.29) is 6.07 Å². The van der Waals surface area contributed by atoms with Gasteiger partial charge in [0.05, 0.1) is 16.7 Å². The van der Waals surface area contributed by atoms with Gasteiger partial charge in [-0.25, -0.2) is 5.32 Å². The fourth-order valence-corrected chi connectivity index (χ4v) is 1.45. The third-order valence-corrected chi connectivity index (χ3v) is 2.27. The van der Waals surface area contributed by atoms with Crippen molar-refractivity contribution in [2.24, 2.45) is 0 Å². The number of benzene rings is 1. The highest BCUT2D eigenvalue weighted by Crippen LogP contribution is 2.36. The van der Waals surface area contributed by atoms with Crippen molar-refractivity contribution in [2.75, 3.05) is 0 Å². The molecule has 1 radical (unpaired) electrons. The van der Waals surface area contributed by atoms with Gasteiger partial charge in [0.15, 0.2) is 0 Å². The van der Waals surface area contributed by atoms with Crippen LogP contribution in [-0.2, 0) is 12.4 Å². The van der Waals surface area contributed by atoms with Crippen LogP contribution in [0.3, 0.4) is 0 Å². The highest BCUT2D eigenvalue weighted by Gasteiger charge is 2.37. The van der Waals surface area contributed by atoms with Crippen LogP contribution in [0.5, 0.6) is 0 Å². The van der Waals surface area contributed by atoms with Crippen molar-refractivity contribution in [1.82, 2.24) is 5.32 Å². The summed E-state index contributed by atoms with van der Waals surface area (Å²) in [6.07, 6.45) is -9.98. The van der Waals surface area contributed by atoms with Crippen LogP contribution in [0.25, 0.3) is 0 Å². The normalized spacial score (nSPS) is 13.2. The summed E-state index contributed by atoms with van der Waals surface area (Å²) >= 11 is 0. The van der Waals surface area contributed by atoms with Crippen LogP contribution in [0.4, 0.5) is 26.3 Å². The molecular weight excluding hydrogens is 300 g/mol. The van der Waals surface area contributed by atoms with E-state index in [9.17, 15) is 31.1 Å². The van der Waals surface area contributed by atoms with Gasteiger partial charge in [-0.15, -0.1) is 0 Å². The third kappa shape index (κ3) is 4.95. The quantitative estimate of drug-likeness (QED) is 0.713. The lowest BCUT2D eigenvalue weighted by Gasteiger charge is -2.18. The standard InChI is InChI=1S/C13H12F6NO/c1-11(2,3)20-10(21)7-4-8(12(14,15)16)6-9(5-7)13(17,18)19/h4-6H,1-3H3. The number of hydrogen-bond acceptors (Lipinski definition) is 1. The molecule has 0 unspecified atom stereocenters. The van der Waals surface area contributed by atoms with Crippen LogP contribution in [0.15, 0.2) is 18.2 Å². The van der Waals surface area contributed by atoms with Crippen molar-refractivity contribution in [2.45, 2.75) is 38.7 Å². The third-order valence-electron chi connectivity index (χ3n) is 2.27. The first-order valence-corrected chi connectivity index (χ1v) is 5.77. The molecule has 0 saturated heterocycles. The minimum Gasteiger partial charge on any atom is -0.267 e. The molecular formula is C13H12F6NO. The lowest BCUT2D eigenvalue weighted by molar-refractivity contribution is -0.143. The SMILES string of the molecule is CC(C)(C)[N]C(=O)c1cc(C(F)(F)F)cc(C(F)(F)F)c1. The molecule has 21 heavy (non-hydrogen) atoms. The van der Waals surface area contributed by atoms with Gasteiger partial charge in [-0.2, -0.15) is 26.3 Å². The highest BCUT2D eigenvalue weighted by molar-refractivity contribution is 5.94. The van der Waals surface area contributed by atoms with Gasteiger partial charge >= 0.3 is 12.4 Å². The fourth-order valence-electron chi connectivity index (χ4n) is 1.45. The van der Waals surface area contributed by atoms with Gasteiger partial charge in [0, 0.05) is 5.56 Å². The molecule has 0 aliphatic rings. The van der Waals surface area contributed by atoms with Crippen LogP contribution in [0, 0.1) is 0 Å². The maximum Gasteiger partial charge on any atom is 0.416 e. The minimum atomic E-state index is -4.99. The number of halogens is 6.